The third-order valence-corrected chi connectivity index (χ3v) is 5.38. The number of hydrogen-bond donors (Lipinski definition) is 0. The molecule has 0 saturated heterocycles. The van der Waals surface area contributed by atoms with E-state index in [0.29, 0.717) is 26.9 Å². The van der Waals surface area contributed by atoms with Crippen LogP contribution >= 0.6 is 11.3 Å². The van der Waals surface area contributed by atoms with Crippen molar-refractivity contribution in [2.45, 2.75) is 18.9 Å². The van der Waals surface area contributed by atoms with Gasteiger partial charge in [0, 0.05) is 24.4 Å². The van der Waals surface area contributed by atoms with Crippen molar-refractivity contribution >= 4 is 21.6 Å². The number of nitrogens with zero attached hydrogens (tertiary/aromatic N) is 2. The highest BCUT2D eigenvalue weighted by Gasteiger charge is 2.56. The SMILES string of the molecule is N#Cc1ccc(F)cc1-c1ccc2c(c1)sc(=O)n2CC1CC1(F)F. The minimum atomic E-state index is -2.68. The molecule has 3 aromatic rings. The van der Waals surface area contributed by atoms with Crippen LogP contribution in [0.1, 0.15) is 12.0 Å². The van der Waals surface area contributed by atoms with Crippen molar-refractivity contribution in [1.82, 2.24) is 4.57 Å². The van der Waals surface area contributed by atoms with Gasteiger partial charge in [-0.2, -0.15) is 5.26 Å². The van der Waals surface area contributed by atoms with Crippen molar-refractivity contribution in [3.05, 3.63) is 57.4 Å². The zero-order valence-corrected chi connectivity index (χ0v) is 13.6. The summed E-state index contributed by atoms with van der Waals surface area (Å²) in [7, 11) is 0. The number of rotatable bonds is 3. The van der Waals surface area contributed by atoms with Crippen LogP contribution < -0.4 is 4.87 Å². The van der Waals surface area contributed by atoms with Crippen LogP contribution in [0.3, 0.4) is 0 Å². The van der Waals surface area contributed by atoms with Crippen molar-refractivity contribution in [2.75, 3.05) is 0 Å². The molecule has 7 heteroatoms. The topological polar surface area (TPSA) is 45.8 Å². The summed E-state index contributed by atoms with van der Waals surface area (Å²) >= 11 is 0.961. The fourth-order valence-corrected chi connectivity index (χ4v) is 3.89. The van der Waals surface area contributed by atoms with Crippen LogP contribution in [0, 0.1) is 23.1 Å². The Balaban J connectivity index is 1.79. The quantitative estimate of drug-likeness (QED) is 0.695. The second kappa shape index (κ2) is 5.46. The highest BCUT2D eigenvalue weighted by molar-refractivity contribution is 7.16. The number of thiazole rings is 1. The number of fused-ring (bicyclic) bond motifs is 1. The molecule has 1 aliphatic carbocycles. The zero-order valence-electron chi connectivity index (χ0n) is 12.8. The molecular formula is C18H11F3N2OS. The standard InChI is InChI=1S/C18H11F3N2OS/c19-13-3-1-11(8-22)14(6-13)10-2-4-15-16(5-10)25-17(24)23(15)9-12-7-18(12,20)21/h1-6,12H,7,9H2. The third-order valence-electron chi connectivity index (χ3n) is 4.44. The zero-order chi connectivity index (χ0) is 17.8. The van der Waals surface area contributed by atoms with E-state index in [1.54, 1.807) is 18.2 Å². The van der Waals surface area contributed by atoms with Crippen molar-refractivity contribution in [2.24, 2.45) is 5.92 Å². The van der Waals surface area contributed by atoms with Crippen LogP contribution in [-0.4, -0.2) is 10.5 Å². The molecule has 0 N–H and O–H groups in total. The molecule has 1 heterocycles. The number of halogens is 3. The van der Waals surface area contributed by atoms with E-state index in [1.165, 1.54) is 22.8 Å². The molecule has 0 radical (unpaired) electrons. The van der Waals surface area contributed by atoms with Gasteiger partial charge in [0.25, 0.3) is 5.92 Å². The summed E-state index contributed by atoms with van der Waals surface area (Å²) in [5, 5.41) is 9.19. The van der Waals surface area contributed by atoms with E-state index >= 15 is 0 Å². The van der Waals surface area contributed by atoms with Crippen LogP contribution in [0.25, 0.3) is 21.3 Å². The molecule has 3 nitrogen and oxygen atoms in total. The molecule has 0 aliphatic heterocycles. The Morgan fingerprint density at radius 1 is 1.28 bits per heavy atom. The van der Waals surface area contributed by atoms with Gasteiger partial charge in [-0.3, -0.25) is 9.36 Å². The van der Waals surface area contributed by atoms with Gasteiger partial charge in [0.05, 0.1) is 21.8 Å². The van der Waals surface area contributed by atoms with Gasteiger partial charge >= 0.3 is 4.87 Å². The smallest absolute Gasteiger partial charge is 0.298 e. The molecule has 1 aromatic heterocycles. The van der Waals surface area contributed by atoms with Gasteiger partial charge in [0.1, 0.15) is 5.82 Å². The first-order valence-electron chi connectivity index (χ1n) is 7.60. The number of aromatic nitrogens is 1. The van der Waals surface area contributed by atoms with Gasteiger partial charge in [0.2, 0.25) is 0 Å². The lowest BCUT2D eigenvalue weighted by molar-refractivity contribution is 0.0953. The largest absolute Gasteiger partial charge is 0.308 e. The molecule has 2 aromatic carbocycles. The number of benzene rings is 2. The molecule has 0 amide bonds. The van der Waals surface area contributed by atoms with E-state index in [2.05, 4.69) is 0 Å². The second-order valence-corrected chi connectivity index (χ2v) is 7.12. The van der Waals surface area contributed by atoms with Gasteiger partial charge in [-0.15, -0.1) is 0 Å². The van der Waals surface area contributed by atoms with Crippen molar-refractivity contribution < 1.29 is 13.2 Å². The lowest BCUT2D eigenvalue weighted by Crippen LogP contribution is -2.15. The molecule has 0 bridgehead atoms. The highest BCUT2D eigenvalue weighted by atomic mass is 32.1. The van der Waals surface area contributed by atoms with Gasteiger partial charge in [-0.1, -0.05) is 17.4 Å². The minimum absolute atomic E-state index is 0.00537. The predicted molar refractivity (Wildman–Crippen MR) is 89.2 cm³/mol. The van der Waals surface area contributed by atoms with E-state index in [0.717, 1.165) is 11.3 Å². The summed E-state index contributed by atoms with van der Waals surface area (Å²) in [6.45, 7) is -0.00537. The predicted octanol–water partition coefficient (Wildman–Crippen LogP) is 4.40. The van der Waals surface area contributed by atoms with E-state index in [9.17, 15) is 23.2 Å². The Labute approximate surface area is 144 Å². The first-order chi connectivity index (χ1) is 11.9. The van der Waals surface area contributed by atoms with Crippen LogP contribution in [0.15, 0.2) is 41.2 Å². The number of nitriles is 1. The van der Waals surface area contributed by atoms with E-state index in [-0.39, 0.29) is 17.8 Å². The Bertz CT molecular complexity index is 1090. The van der Waals surface area contributed by atoms with E-state index in [4.69, 9.17) is 0 Å². The maximum Gasteiger partial charge on any atom is 0.308 e. The van der Waals surface area contributed by atoms with Gasteiger partial charge in [-0.05, 0) is 35.9 Å². The van der Waals surface area contributed by atoms with Crippen molar-refractivity contribution in [1.29, 1.82) is 5.26 Å². The molecule has 0 spiro atoms. The monoisotopic (exact) mass is 360 g/mol. The van der Waals surface area contributed by atoms with E-state index in [1.807, 2.05) is 6.07 Å². The molecule has 4 rings (SSSR count). The number of alkyl halides is 2. The summed E-state index contributed by atoms with van der Waals surface area (Å²) in [5.74, 6) is -3.94. The summed E-state index contributed by atoms with van der Waals surface area (Å²) in [6, 6.07) is 10.9. The summed E-state index contributed by atoms with van der Waals surface area (Å²) < 4.78 is 41.8. The average molecular weight is 360 g/mol. The lowest BCUT2D eigenvalue weighted by Gasteiger charge is -2.06. The Morgan fingerprint density at radius 2 is 2.04 bits per heavy atom. The van der Waals surface area contributed by atoms with Gasteiger partial charge in [-0.25, -0.2) is 13.2 Å². The summed E-state index contributed by atoms with van der Waals surface area (Å²) in [5.41, 5.74) is 1.95. The van der Waals surface area contributed by atoms with Gasteiger partial charge in [0.15, 0.2) is 0 Å². The lowest BCUT2D eigenvalue weighted by atomic mass is 10.00. The summed E-state index contributed by atoms with van der Waals surface area (Å²) in [4.78, 5) is 11.9. The molecule has 1 aliphatic rings. The first kappa shape index (κ1) is 15.9. The Hall–Kier alpha value is -2.59. The second-order valence-electron chi connectivity index (χ2n) is 6.12. The van der Waals surface area contributed by atoms with Crippen LogP contribution in [0.2, 0.25) is 0 Å². The minimum Gasteiger partial charge on any atom is -0.298 e. The molecule has 1 fully saturated rings. The molecule has 1 saturated carbocycles. The molecule has 25 heavy (non-hydrogen) atoms. The molecular weight excluding hydrogens is 349 g/mol. The Morgan fingerprint density at radius 3 is 2.72 bits per heavy atom. The van der Waals surface area contributed by atoms with Crippen LogP contribution in [0.5, 0.6) is 0 Å². The summed E-state index contributed by atoms with van der Waals surface area (Å²) in [6.07, 6.45) is -0.191. The highest BCUT2D eigenvalue weighted by Crippen LogP contribution is 2.49. The number of hydrogen-bond acceptors (Lipinski definition) is 3. The molecule has 1 unspecified atom stereocenters. The Kier molecular flexibility index (Phi) is 3.48. The molecule has 1 atom stereocenters. The third kappa shape index (κ3) is 2.72. The normalized spacial score (nSPS) is 18.2. The van der Waals surface area contributed by atoms with Crippen LogP contribution in [0.4, 0.5) is 13.2 Å². The maximum absolute atomic E-state index is 13.5. The fourth-order valence-electron chi connectivity index (χ4n) is 2.95. The molecule has 126 valence electrons. The maximum atomic E-state index is 13.5. The first-order valence-corrected chi connectivity index (χ1v) is 8.42. The van der Waals surface area contributed by atoms with Crippen LogP contribution in [-0.2, 0) is 6.54 Å². The fraction of sp³-hybridized carbons (Fsp3) is 0.222. The van der Waals surface area contributed by atoms with Gasteiger partial charge < -0.3 is 0 Å². The van der Waals surface area contributed by atoms with Crippen molar-refractivity contribution in [3.63, 3.8) is 0 Å². The van der Waals surface area contributed by atoms with E-state index < -0.39 is 17.7 Å². The van der Waals surface area contributed by atoms with Crippen molar-refractivity contribution in [3.8, 4) is 17.2 Å². The average Bonchev–Trinajstić information content (AvgIpc) is 3.06.